The summed E-state index contributed by atoms with van der Waals surface area (Å²) in [5.74, 6) is 0.00773. The second-order valence-corrected chi connectivity index (χ2v) is 5.67. The lowest BCUT2D eigenvalue weighted by Gasteiger charge is -2.42. The summed E-state index contributed by atoms with van der Waals surface area (Å²) in [5.41, 5.74) is 0.139. The minimum Gasteiger partial charge on any atom is -0.492 e. The molecule has 18 heavy (non-hydrogen) atoms. The molecule has 0 saturated heterocycles. The van der Waals surface area contributed by atoms with Gasteiger partial charge in [-0.15, -0.1) is 0 Å². The predicted molar refractivity (Wildman–Crippen MR) is 65.6 cm³/mol. The van der Waals surface area contributed by atoms with Gasteiger partial charge >= 0.3 is 0 Å². The van der Waals surface area contributed by atoms with Crippen LogP contribution in [0.3, 0.4) is 0 Å². The molecule has 0 aliphatic carbocycles. The molecule has 1 rings (SSSR count). The van der Waals surface area contributed by atoms with Crippen LogP contribution in [0.4, 0.5) is 0 Å². The third kappa shape index (κ3) is 3.07. The first kappa shape index (κ1) is 15.1. The van der Waals surface area contributed by atoms with Crippen molar-refractivity contribution in [3.63, 3.8) is 0 Å². The Labute approximate surface area is 108 Å². The van der Waals surface area contributed by atoms with Crippen LogP contribution in [-0.4, -0.2) is 43.0 Å². The number of allylic oxidation sites excluding steroid dienone is 1. The molecular formula is C12H24N2O4. The zero-order valence-electron chi connectivity index (χ0n) is 11.4. The van der Waals surface area contributed by atoms with Crippen LogP contribution in [0.5, 0.6) is 0 Å². The Hall–Kier alpha value is -0.980. The molecule has 6 heteroatoms. The topological polar surface area (TPSA) is 87.4 Å². The third-order valence-electron chi connectivity index (χ3n) is 2.98. The summed E-state index contributed by atoms with van der Waals surface area (Å²) in [5, 5.41) is 41.0. The van der Waals surface area contributed by atoms with Crippen LogP contribution in [0.15, 0.2) is 11.6 Å². The Morgan fingerprint density at radius 1 is 1.06 bits per heavy atom. The molecular weight excluding hydrogens is 236 g/mol. The normalized spacial score (nSPS) is 25.6. The van der Waals surface area contributed by atoms with Crippen molar-refractivity contribution >= 4 is 0 Å². The summed E-state index contributed by atoms with van der Waals surface area (Å²) in [6, 6.07) is -0.745. The molecule has 6 nitrogen and oxygen atoms in total. The fraction of sp³-hybridized carbons (Fsp3) is 0.833. The van der Waals surface area contributed by atoms with Gasteiger partial charge in [0.25, 0.3) is 0 Å². The molecule has 1 aliphatic heterocycles. The third-order valence-corrected chi connectivity index (χ3v) is 2.98. The average Bonchev–Trinajstić information content (AvgIpc) is 2.27. The number of aliphatic hydroxyl groups is 2. The van der Waals surface area contributed by atoms with Crippen LogP contribution < -0.4 is 0 Å². The van der Waals surface area contributed by atoms with E-state index in [2.05, 4.69) is 0 Å². The predicted octanol–water partition coefficient (Wildman–Crippen LogP) is 1.89. The highest BCUT2D eigenvalue weighted by Crippen LogP contribution is 2.30. The lowest BCUT2D eigenvalue weighted by atomic mass is 9.99. The fourth-order valence-electron chi connectivity index (χ4n) is 2.12. The van der Waals surface area contributed by atoms with Gasteiger partial charge in [-0.1, -0.05) is 27.7 Å². The van der Waals surface area contributed by atoms with Crippen LogP contribution >= 0.6 is 0 Å². The van der Waals surface area contributed by atoms with E-state index in [1.54, 1.807) is 0 Å². The van der Waals surface area contributed by atoms with Crippen LogP contribution in [0.25, 0.3) is 0 Å². The van der Waals surface area contributed by atoms with Crippen LogP contribution in [-0.2, 0) is 0 Å². The fourth-order valence-corrected chi connectivity index (χ4v) is 2.12. The first-order chi connectivity index (χ1) is 8.25. The van der Waals surface area contributed by atoms with Gasteiger partial charge in [0, 0.05) is 0 Å². The first-order valence-electron chi connectivity index (χ1n) is 6.32. The number of nitrogens with zero attached hydrogens (tertiary/aromatic N) is 2. The molecule has 0 amide bonds. The van der Waals surface area contributed by atoms with E-state index in [1.807, 2.05) is 27.7 Å². The van der Waals surface area contributed by atoms with E-state index >= 15 is 0 Å². The summed E-state index contributed by atoms with van der Waals surface area (Å²) in [6.45, 7) is 7.71. The van der Waals surface area contributed by atoms with Gasteiger partial charge < -0.3 is 10.2 Å². The molecule has 2 atom stereocenters. The molecule has 1 aliphatic rings. The maximum Gasteiger partial charge on any atom is 0.233 e. The minimum absolute atomic E-state index is 0.139. The molecule has 2 unspecified atom stereocenters. The van der Waals surface area contributed by atoms with Gasteiger partial charge in [-0.25, -0.2) is 10.1 Å². The summed E-state index contributed by atoms with van der Waals surface area (Å²) in [6.07, 6.45) is -0.430. The molecule has 106 valence electrons. The van der Waals surface area contributed by atoms with Crippen molar-refractivity contribution in [2.75, 3.05) is 0 Å². The van der Waals surface area contributed by atoms with Gasteiger partial charge in [-0.05, 0) is 24.7 Å². The molecule has 0 fully saturated rings. The molecule has 1 heterocycles. The number of aliphatic hydroxyl groups excluding tert-OH is 2. The van der Waals surface area contributed by atoms with E-state index in [9.17, 15) is 20.6 Å². The first-order valence-corrected chi connectivity index (χ1v) is 6.32. The van der Waals surface area contributed by atoms with Crippen LogP contribution in [0.2, 0.25) is 0 Å². The van der Waals surface area contributed by atoms with E-state index in [-0.39, 0.29) is 23.4 Å². The quantitative estimate of drug-likeness (QED) is 0.617. The minimum atomic E-state index is -1.25. The summed E-state index contributed by atoms with van der Waals surface area (Å²) >= 11 is 0. The molecule has 0 spiro atoms. The highest BCUT2D eigenvalue weighted by atomic mass is 16.6. The standard InChI is InChI=1S/C12H24N2O4/c1-7(2)5-9-11(15)14(18)10(6-8(3)4)12(16)13(9)17/h7-9,11,15-18H,5-6H2,1-4H3. The summed E-state index contributed by atoms with van der Waals surface area (Å²) in [7, 11) is 0. The Morgan fingerprint density at radius 2 is 1.61 bits per heavy atom. The molecule has 4 N–H and O–H groups in total. The second-order valence-electron chi connectivity index (χ2n) is 5.67. The number of hydrogen-bond donors (Lipinski definition) is 4. The van der Waals surface area contributed by atoms with E-state index < -0.39 is 12.3 Å². The Balaban J connectivity index is 2.98. The second kappa shape index (κ2) is 5.77. The van der Waals surface area contributed by atoms with Crippen molar-refractivity contribution in [1.82, 2.24) is 10.1 Å². The van der Waals surface area contributed by atoms with Gasteiger partial charge in [-0.2, -0.15) is 0 Å². The largest absolute Gasteiger partial charge is 0.492 e. The van der Waals surface area contributed by atoms with Gasteiger partial charge in [-0.3, -0.25) is 10.4 Å². The zero-order chi connectivity index (χ0) is 14.0. The SMILES string of the molecule is CC(C)CC1=C(O)N(O)C(CC(C)C)C(O)N1O. The Bertz CT molecular complexity index is 317. The lowest BCUT2D eigenvalue weighted by Crippen LogP contribution is -2.54. The number of hydrogen-bond acceptors (Lipinski definition) is 6. The highest BCUT2D eigenvalue weighted by molar-refractivity contribution is 5.10. The Kier molecular flexibility index (Phi) is 4.84. The van der Waals surface area contributed by atoms with Gasteiger partial charge in [0.05, 0.1) is 0 Å². The summed E-state index contributed by atoms with van der Waals surface area (Å²) < 4.78 is 0. The van der Waals surface area contributed by atoms with Crippen molar-refractivity contribution in [3.8, 4) is 0 Å². The monoisotopic (exact) mass is 260 g/mol. The van der Waals surface area contributed by atoms with Crippen molar-refractivity contribution in [3.05, 3.63) is 11.6 Å². The Morgan fingerprint density at radius 3 is 2.06 bits per heavy atom. The molecule has 0 bridgehead atoms. The number of hydroxylamine groups is 4. The molecule has 0 aromatic rings. The van der Waals surface area contributed by atoms with Crippen molar-refractivity contribution in [1.29, 1.82) is 0 Å². The van der Waals surface area contributed by atoms with E-state index in [1.165, 1.54) is 0 Å². The van der Waals surface area contributed by atoms with Crippen LogP contribution in [0, 0.1) is 11.8 Å². The summed E-state index contributed by atoms with van der Waals surface area (Å²) in [4.78, 5) is 0. The molecule has 0 radical (unpaired) electrons. The van der Waals surface area contributed by atoms with Crippen molar-refractivity contribution in [2.45, 2.75) is 52.8 Å². The highest BCUT2D eigenvalue weighted by Gasteiger charge is 2.39. The molecule has 0 aromatic heterocycles. The lowest BCUT2D eigenvalue weighted by molar-refractivity contribution is -0.266. The average molecular weight is 260 g/mol. The van der Waals surface area contributed by atoms with Gasteiger partial charge in [0.15, 0.2) is 6.23 Å². The van der Waals surface area contributed by atoms with Gasteiger partial charge in [0.1, 0.15) is 11.7 Å². The number of rotatable bonds is 4. The maximum absolute atomic E-state index is 9.99. The van der Waals surface area contributed by atoms with E-state index in [4.69, 9.17) is 0 Å². The van der Waals surface area contributed by atoms with Crippen molar-refractivity contribution in [2.24, 2.45) is 11.8 Å². The smallest absolute Gasteiger partial charge is 0.233 e. The molecule has 0 saturated carbocycles. The maximum atomic E-state index is 9.99. The van der Waals surface area contributed by atoms with E-state index in [0.717, 1.165) is 0 Å². The molecule has 0 aromatic carbocycles. The van der Waals surface area contributed by atoms with Crippen LogP contribution in [0.1, 0.15) is 40.5 Å². The van der Waals surface area contributed by atoms with Crippen molar-refractivity contribution < 1.29 is 20.6 Å². The van der Waals surface area contributed by atoms with Gasteiger partial charge in [0.2, 0.25) is 5.88 Å². The zero-order valence-corrected chi connectivity index (χ0v) is 11.4. The van der Waals surface area contributed by atoms with E-state index in [0.29, 0.717) is 23.0 Å².